The summed E-state index contributed by atoms with van der Waals surface area (Å²) in [5.41, 5.74) is 0. The first-order chi connectivity index (χ1) is 6.99. The van der Waals surface area contributed by atoms with Gasteiger partial charge in [-0.1, -0.05) is 39.0 Å². The molecule has 0 aliphatic carbocycles. The third-order valence-corrected chi connectivity index (χ3v) is 3.65. The Hall–Kier alpha value is -0.550. The van der Waals surface area contributed by atoms with E-state index in [9.17, 15) is 4.79 Å². The van der Waals surface area contributed by atoms with Crippen LogP contribution in [0.25, 0.3) is 0 Å². The SMILES string of the molecule is CC(C)Sc1cnc(NC(=O)C(C)C)s1. The molecule has 0 aromatic carbocycles. The molecule has 0 aliphatic rings. The van der Waals surface area contributed by atoms with Crippen molar-refractivity contribution in [2.45, 2.75) is 37.2 Å². The lowest BCUT2D eigenvalue weighted by molar-refractivity contribution is -0.118. The number of thioether (sulfide) groups is 1. The van der Waals surface area contributed by atoms with Crippen molar-refractivity contribution in [3.8, 4) is 0 Å². The highest BCUT2D eigenvalue weighted by atomic mass is 32.2. The number of hydrogen-bond donors (Lipinski definition) is 1. The zero-order chi connectivity index (χ0) is 11.4. The van der Waals surface area contributed by atoms with Crippen LogP contribution in [-0.2, 0) is 4.79 Å². The van der Waals surface area contributed by atoms with E-state index in [-0.39, 0.29) is 11.8 Å². The molecule has 0 radical (unpaired) electrons. The first-order valence-corrected chi connectivity index (χ1v) is 6.62. The van der Waals surface area contributed by atoms with Crippen molar-refractivity contribution in [3.05, 3.63) is 6.20 Å². The maximum absolute atomic E-state index is 11.4. The van der Waals surface area contributed by atoms with Gasteiger partial charge in [-0.15, -0.1) is 11.8 Å². The van der Waals surface area contributed by atoms with Gasteiger partial charge >= 0.3 is 0 Å². The van der Waals surface area contributed by atoms with E-state index in [1.807, 2.05) is 20.0 Å². The lowest BCUT2D eigenvalue weighted by atomic mass is 10.2. The fraction of sp³-hybridized carbons (Fsp3) is 0.600. The molecule has 0 fully saturated rings. The molecule has 0 saturated carbocycles. The van der Waals surface area contributed by atoms with Crippen LogP contribution in [0.3, 0.4) is 0 Å². The predicted molar refractivity (Wildman–Crippen MR) is 66.6 cm³/mol. The van der Waals surface area contributed by atoms with Gasteiger partial charge in [0.2, 0.25) is 5.91 Å². The second kappa shape index (κ2) is 5.51. The summed E-state index contributed by atoms with van der Waals surface area (Å²) in [6.07, 6.45) is 1.81. The maximum Gasteiger partial charge on any atom is 0.228 e. The van der Waals surface area contributed by atoms with Gasteiger partial charge in [0.15, 0.2) is 5.13 Å². The Labute approximate surface area is 98.7 Å². The van der Waals surface area contributed by atoms with Gasteiger partial charge in [-0.25, -0.2) is 4.98 Å². The summed E-state index contributed by atoms with van der Waals surface area (Å²) >= 11 is 3.29. The molecule has 0 aliphatic heterocycles. The topological polar surface area (TPSA) is 42.0 Å². The molecule has 0 atom stereocenters. The molecule has 0 bridgehead atoms. The molecule has 1 rings (SSSR count). The normalized spacial score (nSPS) is 11.1. The molecule has 0 saturated heterocycles. The largest absolute Gasteiger partial charge is 0.302 e. The standard InChI is InChI=1S/C10H16N2OS2/c1-6(2)9(13)12-10-11-5-8(15-10)14-7(3)4/h5-7H,1-4H3,(H,11,12,13). The first-order valence-electron chi connectivity index (χ1n) is 4.92. The van der Waals surface area contributed by atoms with Crippen LogP contribution in [0.15, 0.2) is 10.4 Å². The van der Waals surface area contributed by atoms with Gasteiger partial charge in [-0.2, -0.15) is 0 Å². The third kappa shape index (κ3) is 4.22. The van der Waals surface area contributed by atoms with E-state index in [1.165, 1.54) is 11.3 Å². The molecule has 0 spiro atoms. The second-order valence-electron chi connectivity index (χ2n) is 3.80. The first kappa shape index (κ1) is 12.5. The van der Waals surface area contributed by atoms with Gasteiger partial charge in [-0.05, 0) is 0 Å². The Bertz CT molecular complexity index is 334. The molecule has 1 heterocycles. The number of thiazole rings is 1. The molecular formula is C10H16N2OS2. The Kier molecular flexibility index (Phi) is 4.60. The number of carbonyl (C=O) groups is 1. The molecule has 84 valence electrons. The summed E-state index contributed by atoms with van der Waals surface area (Å²) in [7, 11) is 0. The molecule has 1 amide bonds. The predicted octanol–water partition coefficient (Wildman–Crippen LogP) is 3.24. The van der Waals surface area contributed by atoms with Crippen molar-refractivity contribution in [3.63, 3.8) is 0 Å². The van der Waals surface area contributed by atoms with E-state index >= 15 is 0 Å². The second-order valence-corrected chi connectivity index (χ2v) is 6.70. The van der Waals surface area contributed by atoms with E-state index in [0.717, 1.165) is 4.21 Å². The number of carbonyl (C=O) groups excluding carboxylic acids is 1. The summed E-state index contributed by atoms with van der Waals surface area (Å²) in [4.78, 5) is 15.5. The molecule has 1 N–H and O–H groups in total. The number of nitrogens with zero attached hydrogens (tertiary/aromatic N) is 1. The zero-order valence-electron chi connectivity index (χ0n) is 9.40. The maximum atomic E-state index is 11.4. The number of anilines is 1. The summed E-state index contributed by atoms with van der Waals surface area (Å²) in [6.45, 7) is 8.01. The third-order valence-electron chi connectivity index (χ3n) is 1.59. The monoisotopic (exact) mass is 244 g/mol. The van der Waals surface area contributed by atoms with Crippen molar-refractivity contribution in [2.75, 3.05) is 5.32 Å². The zero-order valence-corrected chi connectivity index (χ0v) is 11.0. The average molecular weight is 244 g/mol. The molecular weight excluding hydrogens is 228 g/mol. The van der Waals surface area contributed by atoms with E-state index in [4.69, 9.17) is 0 Å². The van der Waals surface area contributed by atoms with Gasteiger partial charge in [-0.3, -0.25) is 4.79 Å². The van der Waals surface area contributed by atoms with Gasteiger partial charge in [0.05, 0.1) is 10.4 Å². The van der Waals surface area contributed by atoms with Gasteiger partial charge in [0.25, 0.3) is 0 Å². The highest BCUT2D eigenvalue weighted by molar-refractivity contribution is 8.01. The van der Waals surface area contributed by atoms with Crippen molar-refractivity contribution in [1.82, 2.24) is 4.98 Å². The Morgan fingerprint density at radius 2 is 2.13 bits per heavy atom. The number of aromatic nitrogens is 1. The highest BCUT2D eigenvalue weighted by Crippen LogP contribution is 2.30. The van der Waals surface area contributed by atoms with E-state index in [2.05, 4.69) is 24.1 Å². The Balaban J connectivity index is 2.56. The number of nitrogens with one attached hydrogen (secondary N) is 1. The average Bonchev–Trinajstić information content (AvgIpc) is 2.51. The highest BCUT2D eigenvalue weighted by Gasteiger charge is 2.10. The molecule has 3 nitrogen and oxygen atoms in total. The molecule has 1 aromatic rings. The Morgan fingerprint density at radius 1 is 1.47 bits per heavy atom. The number of hydrogen-bond acceptors (Lipinski definition) is 4. The van der Waals surface area contributed by atoms with E-state index in [0.29, 0.717) is 10.4 Å². The minimum Gasteiger partial charge on any atom is -0.302 e. The molecule has 5 heteroatoms. The number of rotatable bonds is 4. The van der Waals surface area contributed by atoms with Crippen molar-refractivity contribution in [1.29, 1.82) is 0 Å². The van der Waals surface area contributed by atoms with Crippen LogP contribution in [0.2, 0.25) is 0 Å². The van der Waals surface area contributed by atoms with Crippen LogP contribution in [-0.4, -0.2) is 16.1 Å². The minimum absolute atomic E-state index is 0.00454. The summed E-state index contributed by atoms with van der Waals surface area (Å²) in [5.74, 6) is 0.0144. The van der Waals surface area contributed by atoms with Gasteiger partial charge < -0.3 is 5.32 Å². The van der Waals surface area contributed by atoms with Crippen LogP contribution >= 0.6 is 23.1 Å². The van der Waals surface area contributed by atoms with Crippen molar-refractivity contribution < 1.29 is 4.79 Å². The number of amides is 1. The lowest BCUT2D eigenvalue weighted by Crippen LogP contribution is -2.17. The fourth-order valence-electron chi connectivity index (χ4n) is 0.854. The molecule has 0 unspecified atom stereocenters. The van der Waals surface area contributed by atoms with E-state index in [1.54, 1.807) is 11.8 Å². The van der Waals surface area contributed by atoms with Crippen LogP contribution in [0.1, 0.15) is 27.7 Å². The van der Waals surface area contributed by atoms with Crippen molar-refractivity contribution in [2.24, 2.45) is 5.92 Å². The Morgan fingerprint density at radius 3 is 2.67 bits per heavy atom. The van der Waals surface area contributed by atoms with Gasteiger partial charge in [0.1, 0.15) is 0 Å². The lowest BCUT2D eigenvalue weighted by Gasteiger charge is -2.03. The van der Waals surface area contributed by atoms with Crippen LogP contribution < -0.4 is 5.32 Å². The molecule has 1 aromatic heterocycles. The smallest absolute Gasteiger partial charge is 0.228 e. The summed E-state index contributed by atoms with van der Waals surface area (Å²) in [6, 6.07) is 0. The van der Waals surface area contributed by atoms with Crippen molar-refractivity contribution >= 4 is 34.1 Å². The minimum atomic E-state index is -0.00454. The fourth-order valence-corrected chi connectivity index (χ4v) is 2.99. The van der Waals surface area contributed by atoms with Crippen LogP contribution in [0.5, 0.6) is 0 Å². The quantitative estimate of drug-likeness (QED) is 0.827. The van der Waals surface area contributed by atoms with Crippen LogP contribution in [0, 0.1) is 5.92 Å². The molecule has 15 heavy (non-hydrogen) atoms. The van der Waals surface area contributed by atoms with E-state index < -0.39 is 0 Å². The van der Waals surface area contributed by atoms with Crippen LogP contribution in [0.4, 0.5) is 5.13 Å². The summed E-state index contributed by atoms with van der Waals surface area (Å²) in [5, 5.41) is 4.02. The summed E-state index contributed by atoms with van der Waals surface area (Å²) < 4.78 is 1.14. The van der Waals surface area contributed by atoms with Gasteiger partial charge in [0, 0.05) is 11.2 Å².